The Morgan fingerprint density at radius 3 is 1.31 bits per heavy atom. The fourth-order valence-electron chi connectivity index (χ4n) is 7.00. The second-order valence-corrected chi connectivity index (χ2v) is 16.4. The van der Waals surface area contributed by atoms with Crippen molar-refractivity contribution in [1.29, 1.82) is 0 Å². The number of hydrogen-bond acceptors (Lipinski definition) is 10. The minimum Gasteiger partial charge on any atom is -0.443 e. The number of unbranched alkanes of at least 4 members (excludes halogenated alkanes) is 1. The predicted octanol–water partition coefficient (Wildman–Crippen LogP) is 8.96. The molecule has 4 aliphatic rings. The third kappa shape index (κ3) is 9.89. The summed E-state index contributed by atoms with van der Waals surface area (Å²) < 4.78 is 10.5. The van der Waals surface area contributed by atoms with Crippen molar-refractivity contribution in [3.8, 4) is 0 Å². The van der Waals surface area contributed by atoms with Gasteiger partial charge in [0.05, 0.1) is 10.1 Å². The number of allylic oxidation sites excluding steroid dienone is 12. The lowest BCUT2D eigenvalue weighted by Crippen LogP contribution is -2.52. The molecule has 0 saturated carbocycles. The van der Waals surface area contributed by atoms with Crippen molar-refractivity contribution < 1.29 is 38.2 Å². The Balaban J connectivity index is 1.69. The molecule has 0 radical (unpaired) electrons. The summed E-state index contributed by atoms with van der Waals surface area (Å²) >= 11 is 13.2. The van der Waals surface area contributed by atoms with Gasteiger partial charge in [0.1, 0.15) is 0 Å². The maximum atomic E-state index is 13.8. The fraction of sp³-hybridized carbons (Fsp3) is 0.435. The highest BCUT2D eigenvalue weighted by molar-refractivity contribution is 6.50. The van der Waals surface area contributed by atoms with Crippen LogP contribution in [0.2, 0.25) is 0 Å². The van der Waals surface area contributed by atoms with Crippen molar-refractivity contribution in [2.45, 2.75) is 106 Å². The van der Waals surface area contributed by atoms with Gasteiger partial charge in [0.2, 0.25) is 34.3 Å². The zero-order chi connectivity index (χ0) is 43.3. The van der Waals surface area contributed by atoms with Crippen LogP contribution in [0.15, 0.2) is 116 Å². The van der Waals surface area contributed by atoms with Crippen molar-refractivity contribution in [3.63, 3.8) is 0 Å². The number of ether oxygens (including phenoxy) is 2. The van der Waals surface area contributed by atoms with E-state index in [-0.39, 0.29) is 32.4 Å². The highest BCUT2D eigenvalue weighted by Crippen LogP contribution is 2.41. The molecular weight excluding hydrogens is 779 g/mol. The SMILES string of the molecule is CC[C@H](C)C=C(C)C=CC1=CC2=C(Cl)C(=O)[C@@](C)(OC(C)=O)C(=O)C2=CN1CCCCN1C=C2C(=O)[C@](C)(OC(C)=O)C(=O)C(Cl)=C2C=C1C=CC(C)=C[C@@H](C)CC. The first-order valence-corrected chi connectivity index (χ1v) is 20.5. The number of ketones is 4. The van der Waals surface area contributed by atoms with Crippen molar-refractivity contribution >= 4 is 58.3 Å². The Morgan fingerprint density at radius 2 is 1.00 bits per heavy atom. The van der Waals surface area contributed by atoms with Crippen LogP contribution < -0.4 is 0 Å². The summed E-state index contributed by atoms with van der Waals surface area (Å²) in [7, 11) is 0. The molecule has 0 fully saturated rings. The monoisotopic (exact) mass is 832 g/mol. The van der Waals surface area contributed by atoms with Gasteiger partial charge in [-0.2, -0.15) is 0 Å². The van der Waals surface area contributed by atoms with Crippen LogP contribution in [0.25, 0.3) is 0 Å². The summed E-state index contributed by atoms with van der Waals surface area (Å²) in [6, 6.07) is 0. The number of rotatable bonds is 15. The van der Waals surface area contributed by atoms with Crippen molar-refractivity contribution in [1.82, 2.24) is 9.80 Å². The van der Waals surface area contributed by atoms with Crippen molar-refractivity contribution in [2.24, 2.45) is 11.8 Å². The van der Waals surface area contributed by atoms with Crippen LogP contribution in [0.3, 0.4) is 0 Å². The molecule has 0 saturated heterocycles. The van der Waals surface area contributed by atoms with Gasteiger partial charge >= 0.3 is 11.9 Å². The van der Waals surface area contributed by atoms with Crippen LogP contribution in [-0.2, 0) is 38.2 Å². The molecule has 0 spiro atoms. The molecular formula is C46H54Cl2N2O8. The Kier molecular flexibility index (Phi) is 14.9. The summed E-state index contributed by atoms with van der Waals surface area (Å²) in [5.74, 6) is -3.72. The number of Topliss-reactive ketones (excluding diaryl/α,β-unsaturated/α-hetero) is 4. The number of esters is 2. The van der Waals surface area contributed by atoms with Gasteiger partial charge in [-0.1, -0.05) is 99.2 Å². The molecule has 2 aliphatic heterocycles. The van der Waals surface area contributed by atoms with Crippen LogP contribution in [0, 0.1) is 11.8 Å². The second kappa shape index (κ2) is 18.9. The third-order valence-corrected chi connectivity index (χ3v) is 11.4. The average molecular weight is 834 g/mol. The van der Waals surface area contributed by atoms with Crippen LogP contribution in [0.5, 0.6) is 0 Å². The Hall–Kier alpha value is -4.80. The molecule has 310 valence electrons. The molecule has 58 heavy (non-hydrogen) atoms. The van der Waals surface area contributed by atoms with Crippen LogP contribution in [0.4, 0.5) is 0 Å². The number of nitrogens with zero attached hydrogens (tertiary/aromatic N) is 2. The van der Waals surface area contributed by atoms with E-state index in [1.54, 1.807) is 24.6 Å². The maximum absolute atomic E-state index is 13.8. The molecule has 10 nitrogen and oxygen atoms in total. The van der Waals surface area contributed by atoms with Gasteiger partial charge in [-0.15, -0.1) is 0 Å². The smallest absolute Gasteiger partial charge is 0.304 e. The van der Waals surface area contributed by atoms with Gasteiger partial charge in [0.15, 0.2) is 0 Å². The standard InChI is InChI=1S/C46H54Cl2N2O8/c1-11-27(3)21-29(5)15-17-33-23-35-37(41(53)45(9,57-31(7)51)43(55)39(35)47)25-49(33)19-13-14-20-50-26-38-36(24-34(50)18-16-30(6)22-28(4)12-2)40(48)44(56)46(10,42(38)54)58-32(8)52/h15-18,21-28H,11-14,19-20H2,1-10H3/t27-,28-,45-,46-/m0/s1. The first-order chi connectivity index (χ1) is 27.2. The van der Waals surface area contributed by atoms with E-state index in [4.69, 9.17) is 32.7 Å². The number of carbonyl (C=O) groups excluding carboxylic acids is 6. The van der Waals surface area contributed by atoms with E-state index in [0.717, 1.165) is 37.8 Å². The number of halogens is 2. The van der Waals surface area contributed by atoms with Crippen molar-refractivity contribution in [3.05, 3.63) is 116 Å². The van der Waals surface area contributed by atoms with E-state index in [1.165, 1.54) is 13.8 Å². The first-order valence-electron chi connectivity index (χ1n) is 19.7. The van der Waals surface area contributed by atoms with E-state index in [2.05, 4.69) is 39.8 Å². The topological polar surface area (TPSA) is 127 Å². The molecule has 0 amide bonds. The normalized spacial score (nSPS) is 24.1. The maximum Gasteiger partial charge on any atom is 0.304 e. The van der Waals surface area contributed by atoms with Gasteiger partial charge in [0.25, 0.3) is 0 Å². The highest BCUT2D eigenvalue weighted by atomic mass is 35.5. The molecule has 4 atom stereocenters. The van der Waals surface area contributed by atoms with Crippen LogP contribution in [0.1, 0.15) is 94.9 Å². The quantitative estimate of drug-likeness (QED) is 0.0683. The highest BCUT2D eigenvalue weighted by Gasteiger charge is 2.53. The second-order valence-electron chi connectivity index (χ2n) is 15.6. The minimum absolute atomic E-state index is 0.159. The average Bonchev–Trinajstić information content (AvgIpc) is 3.17. The zero-order valence-corrected chi connectivity index (χ0v) is 36.6. The molecule has 0 N–H and O–H groups in total. The van der Waals surface area contributed by atoms with E-state index >= 15 is 0 Å². The molecule has 0 unspecified atom stereocenters. The molecule has 0 aromatic heterocycles. The van der Waals surface area contributed by atoms with Gasteiger partial charge < -0.3 is 19.3 Å². The lowest BCUT2D eigenvalue weighted by Gasteiger charge is -2.36. The molecule has 0 aromatic rings. The summed E-state index contributed by atoms with van der Waals surface area (Å²) in [6.45, 7) is 18.2. The molecule has 4 rings (SSSR count). The Bertz CT molecular complexity index is 1960. The van der Waals surface area contributed by atoms with E-state index in [1.807, 2.05) is 48.0 Å². The zero-order valence-electron chi connectivity index (χ0n) is 35.1. The van der Waals surface area contributed by atoms with Gasteiger partial charge in [-0.05, 0) is 76.7 Å². The van der Waals surface area contributed by atoms with E-state index in [0.29, 0.717) is 49.2 Å². The molecule has 2 heterocycles. The molecule has 12 heteroatoms. The summed E-state index contributed by atoms with van der Waals surface area (Å²) in [4.78, 5) is 82.1. The minimum atomic E-state index is -2.09. The van der Waals surface area contributed by atoms with Gasteiger partial charge in [-0.25, -0.2) is 0 Å². The number of hydrogen-bond donors (Lipinski definition) is 0. The largest absolute Gasteiger partial charge is 0.443 e. The third-order valence-electron chi connectivity index (χ3n) is 10.7. The van der Waals surface area contributed by atoms with Crippen molar-refractivity contribution in [2.75, 3.05) is 13.1 Å². The lowest BCUT2D eigenvalue weighted by molar-refractivity contribution is -0.167. The first kappa shape index (κ1) is 45.9. The van der Waals surface area contributed by atoms with E-state index in [9.17, 15) is 28.8 Å². The summed E-state index contributed by atoms with van der Waals surface area (Å²) in [6.07, 6.45) is 22.0. The Labute approximate surface area is 352 Å². The van der Waals surface area contributed by atoms with Gasteiger partial charge in [-0.3, -0.25) is 28.8 Å². The number of carbonyl (C=O) groups is 6. The van der Waals surface area contributed by atoms with Crippen LogP contribution >= 0.6 is 23.2 Å². The lowest BCUT2D eigenvalue weighted by atomic mass is 9.79. The molecule has 2 aliphatic carbocycles. The summed E-state index contributed by atoms with van der Waals surface area (Å²) in [5.41, 5.74) is 0.137. The van der Waals surface area contributed by atoms with Crippen LogP contribution in [-0.4, -0.2) is 69.2 Å². The fourth-order valence-corrected chi connectivity index (χ4v) is 7.68. The summed E-state index contributed by atoms with van der Waals surface area (Å²) in [5, 5.41) is -0.381. The predicted molar refractivity (Wildman–Crippen MR) is 226 cm³/mol. The number of fused-ring (bicyclic) bond motifs is 2. The molecule has 0 bridgehead atoms. The Morgan fingerprint density at radius 1 is 0.655 bits per heavy atom. The van der Waals surface area contributed by atoms with E-state index < -0.39 is 46.3 Å². The molecule has 0 aromatic carbocycles. The van der Waals surface area contributed by atoms with Gasteiger partial charge in [0, 0.05) is 73.0 Å².